The molecule has 3 heteroatoms. The van der Waals surface area contributed by atoms with Gasteiger partial charge < -0.3 is 14.9 Å². The van der Waals surface area contributed by atoms with E-state index in [9.17, 15) is 0 Å². The van der Waals surface area contributed by atoms with Gasteiger partial charge in [0.15, 0.2) is 0 Å². The van der Waals surface area contributed by atoms with Crippen LogP contribution in [0.4, 0.5) is 0 Å². The Kier molecular flexibility index (Phi) is 7.82. The first-order valence-electron chi connectivity index (χ1n) is 7.31. The van der Waals surface area contributed by atoms with Gasteiger partial charge in [0.05, 0.1) is 0 Å². The Labute approximate surface area is 107 Å². The second-order valence-corrected chi connectivity index (χ2v) is 5.34. The lowest BCUT2D eigenvalue weighted by Crippen LogP contribution is -2.43. The number of aliphatic hydroxyl groups is 1. The normalized spacial score (nSPS) is 19.1. The highest BCUT2D eigenvalue weighted by Crippen LogP contribution is 2.16. The fourth-order valence-corrected chi connectivity index (χ4v) is 2.73. The van der Waals surface area contributed by atoms with Gasteiger partial charge in [0.2, 0.25) is 0 Å². The summed E-state index contributed by atoms with van der Waals surface area (Å²) in [7, 11) is 2.26. The van der Waals surface area contributed by atoms with Crippen molar-refractivity contribution >= 4 is 0 Å². The minimum atomic E-state index is 0.346. The van der Waals surface area contributed by atoms with Crippen molar-refractivity contribution in [3.05, 3.63) is 0 Å². The molecule has 1 aliphatic rings. The summed E-state index contributed by atoms with van der Waals surface area (Å²) in [4.78, 5) is 5.12. The van der Waals surface area contributed by atoms with Gasteiger partial charge in [0, 0.05) is 12.6 Å². The zero-order valence-corrected chi connectivity index (χ0v) is 11.7. The second kappa shape index (κ2) is 8.90. The van der Waals surface area contributed by atoms with E-state index in [1.54, 1.807) is 0 Å². The molecule has 0 aliphatic carbocycles. The third-order valence-corrected chi connectivity index (χ3v) is 3.89. The van der Waals surface area contributed by atoms with Crippen LogP contribution in [0.25, 0.3) is 0 Å². The molecule has 1 heterocycles. The number of nitrogens with zero attached hydrogens (tertiary/aromatic N) is 2. The predicted molar refractivity (Wildman–Crippen MR) is 73.3 cm³/mol. The summed E-state index contributed by atoms with van der Waals surface area (Å²) >= 11 is 0. The molecule has 0 aromatic rings. The highest BCUT2D eigenvalue weighted by molar-refractivity contribution is 4.78. The van der Waals surface area contributed by atoms with Gasteiger partial charge in [-0.1, -0.05) is 6.92 Å². The molecular formula is C14H30N2O. The quantitative estimate of drug-likeness (QED) is 0.659. The van der Waals surface area contributed by atoms with Gasteiger partial charge >= 0.3 is 0 Å². The molecule has 0 atom stereocenters. The molecule has 1 aliphatic heterocycles. The maximum absolute atomic E-state index is 8.74. The first-order chi connectivity index (χ1) is 8.27. The van der Waals surface area contributed by atoms with Crippen molar-refractivity contribution in [2.24, 2.45) is 0 Å². The van der Waals surface area contributed by atoms with Crippen molar-refractivity contribution in [1.29, 1.82) is 0 Å². The number of unbranched alkanes of at least 4 members (excludes halogenated alkanes) is 2. The molecule has 0 saturated carbocycles. The minimum Gasteiger partial charge on any atom is -0.396 e. The first kappa shape index (κ1) is 14.9. The standard InChI is InChI=1S/C14H30N2O/c1-3-9-16-11-7-14(8-12-16)15(2)10-5-4-6-13-17/h14,17H,3-13H2,1-2H3. The zero-order valence-electron chi connectivity index (χ0n) is 11.7. The number of aliphatic hydroxyl groups excluding tert-OH is 1. The van der Waals surface area contributed by atoms with Crippen LogP contribution in [0.3, 0.4) is 0 Å². The predicted octanol–water partition coefficient (Wildman–Crippen LogP) is 1.96. The van der Waals surface area contributed by atoms with E-state index in [0.29, 0.717) is 6.61 Å². The van der Waals surface area contributed by atoms with E-state index in [0.717, 1.165) is 18.9 Å². The molecule has 0 radical (unpaired) electrons. The van der Waals surface area contributed by atoms with Crippen LogP contribution >= 0.6 is 0 Å². The van der Waals surface area contributed by atoms with E-state index in [4.69, 9.17) is 5.11 Å². The smallest absolute Gasteiger partial charge is 0.0431 e. The highest BCUT2D eigenvalue weighted by Gasteiger charge is 2.21. The summed E-state index contributed by atoms with van der Waals surface area (Å²) in [6.45, 7) is 7.63. The van der Waals surface area contributed by atoms with Crippen LogP contribution in [0.1, 0.15) is 45.4 Å². The molecule has 0 spiro atoms. The molecule has 0 aromatic heterocycles. The summed E-state index contributed by atoms with van der Waals surface area (Å²) < 4.78 is 0. The van der Waals surface area contributed by atoms with Gasteiger partial charge in [0.25, 0.3) is 0 Å². The van der Waals surface area contributed by atoms with Gasteiger partial charge in [-0.05, 0) is 71.8 Å². The second-order valence-electron chi connectivity index (χ2n) is 5.34. The summed E-state index contributed by atoms with van der Waals surface area (Å²) in [6, 6.07) is 0.789. The number of hydrogen-bond donors (Lipinski definition) is 1. The van der Waals surface area contributed by atoms with Crippen LogP contribution in [0.15, 0.2) is 0 Å². The lowest BCUT2D eigenvalue weighted by molar-refractivity contribution is 0.126. The molecule has 1 rings (SSSR count). The van der Waals surface area contributed by atoms with E-state index in [2.05, 4.69) is 23.8 Å². The average Bonchev–Trinajstić information content (AvgIpc) is 2.36. The first-order valence-corrected chi connectivity index (χ1v) is 7.31. The van der Waals surface area contributed by atoms with Gasteiger partial charge in [-0.3, -0.25) is 0 Å². The Balaban J connectivity index is 2.10. The van der Waals surface area contributed by atoms with E-state index in [1.165, 1.54) is 51.9 Å². The molecular weight excluding hydrogens is 212 g/mol. The third-order valence-electron chi connectivity index (χ3n) is 3.89. The van der Waals surface area contributed by atoms with E-state index in [-0.39, 0.29) is 0 Å². The van der Waals surface area contributed by atoms with Crippen molar-refractivity contribution in [2.45, 2.75) is 51.5 Å². The Morgan fingerprint density at radius 1 is 1.18 bits per heavy atom. The summed E-state index contributed by atoms with van der Waals surface area (Å²) in [6.07, 6.45) is 7.29. The number of hydrogen-bond acceptors (Lipinski definition) is 3. The van der Waals surface area contributed by atoms with E-state index in [1.807, 2.05) is 0 Å². The maximum atomic E-state index is 8.74. The van der Waals surface area contributed by atoms with Crippen LogP contribution in [0, 0.1) is 0 Å². The minimum absolute atomic E-state index is 0.346. The van der Waals surface area contributed by atoms with Crippen LogP contribution < -0.4 is 0 Å². The highest BCUT2D eigenvalue weighted by atomic mass is 16.2. The van der Waals surface area contributed by atoms with Gasteiger partial charge in [-0.25, -0.2) is 0 Å². The van der Waals surface area contributed by atoms with Crippen molar-refractivity contribution in [3.63, 3.8) is 0 Å². The largest absolute Gasteiger partial charge is 0.396 e. The maximum Gasteiger partial charge on any atom is 0.0431 e. The third kappa shape index (κ3) is 5.84. The number of rotatable bonds is 8. The molecule has 17 heavy (non-hydrogen) atoms. The van der Waals surface area contributed by atoms with Gasteiger partial charge in [-0.15, -0.1) is 0 Å². The van der Waals surface area contributed by atoms with Crippen molar-refractivity contribution in [3.8, 4) is 0 Å². The fraction of sp³-hybridized carbons (Fsp3) is 1.00. The number of piperidine rings is 1. The van der Waals surface area contributed by atoms with Crippen molar-refractivity contribution in [1.82, 2.24) is 9.80 Å². The lowest BCUT2D eigenvalue weighted by atomic mass is 10.0. The Bertz CT molecular complexity index is 179. The Morgan fingerprint density at radius 2 is 1.88 bits per heavy atom. The van der Waals surface area contributed by atoms with E-state index >= 15 is 0 Å². The topological polar surface area (TPSA) is 26.7 Å². The Morgan fingerprint density at radius 3 is 2.47 bits per heavy atom. The SMILES string of the molecule is CCCN1CCC(N(C)CCCCCO)CC1. The molecule has 1 N–H and O–H groups in total. The molecule has 0 unspecified atom stereocenters. The molecule has 0 amide bonds. The number of likely N-dealkylation sites (tertiary alicyclic amines) is 1. The van der Waals surface area contributed by atoms with Crippen LogP contribution in [0.2, 0.25) is 0 Å². The molecule has 1 saturated heterocycles. The monoisotopic (exact) mass is 242 g/mol. The zero-order chi connectivity index (χ0) is 12.5. The molecule has 0 aromatic carbocycles. The van der Waals surface area contributed by atoms with Crippen LogP contribution in [0.5, 0.6) is 0 Å². The van der Waals surface area contributed by atoms with Gasteiger partial charge in [-0.2, -0.15) is 0 Å². The van der Waals surface area contributed by atoms with E-state index < -0.39 is 0 Å². The van der Waals surface area contributed by atoms with Crippen LogP contribution in [-0.4, -0.2) is 60.8 Å². The lowest BCUT2D eigenvalue weighted by Gasteiger charge is -2.36. The molecule has 1 fully saturated rings. The van der Waals surface area contributed by atoms with Crippen molar-refractivity contribution in [2.75, 3.05) is 39.8 Å². The Hall–Kier alpha value is -0.120. The molecule has 0 bridgehead atoms. The summed E-state index contributed by atoms with van der Waals surface area (Å²) in [5, 5.41) is 8.74. The summed E-state index contributed by atoms with van der Waals surface area (Å²) in [5.74, 6) is 0. The molecule has 102 valence electrons. The van der Waals surface area contributed by atoms with Crippen LogP contribution in [-0.2, 0) is 0 Å². The summed E-state index contributed by atoms with van der Waals surface area (Å²) in [5.41, 5.74) is 0. The molecule has 3 nitrogen and oxygen atoms in total. The van der Waals surface area contributed by atoms with Gasteiger partial charge in [0.1, 0.15) is 0 Å². The fourth-order valence-electron chi connectivity index (χ4n) is 2.73. The average molecular weight is 242 g/mol. The van der Waals surface area contributed by atoms with Crippen molar-refractivity contribution < 1.29 is 5.11 Å².